The zero-order valence-electron chi connectivity index (χ0n) is 19.8. The van der Waals surface area contributed by atoms with Crippen LogP contribution in [-0.4, -0.2) is 56.8 Å². The van der Waals surface area contributed by atoms with Crippen molar-refractivity contribution >= 4 is 28.3 Å². The lowest BCUT2D eigenvalue weighted by Crippen LogP contribution is -2.39. The summed E-state index contributed by atoms with van der Waals surface area (Å²) in [5.41, 5.74) is 9.30. The molecule has 6 rings (SSSR count). The van der Waals surface area contributed by atoms with Gasteiger partial charge in [0.15, 0.2) is 5.82 Å². The summed E-state index contributed by atoms with van der Waals surface area (Å²) in [6.45, 7) is 0.997. The fourth-order valence-corrected chi connectivity index (χ4v) is 5.03. The van der Waals surface area contributed by atoms with Crippen LogP contribution in [0.15, 0.2) is 48.8 Å². The standard InChI is InChI=1S/C25H27N9O2/c1-36-23-11-22(29-17-4-5-19-16(8-17)12-28-34-19)32-24(33-23)15-3-2-14-9-21(31-20(14)10-15)25(35)30-18-6-7-26-27-13-18/h2-3,6-7,9-11,13,16-17,19,28,31,34H,4-5,8,12H2,1H3,(H,26,30,35)(H,29,32,33). The number of nitrogens with one attached hydrogen (secondary N) is 5. The zero-order valence-corrected chi connectivity index (χ0v) is 19.8. The summed E-state index contributed by atoms with van der Waals surface area (Å²) in [4.78, 5) is 25.2. The van der Waals surface area contributed by atoms with Gasteiger partial charge in [-0.15, -0.1) is 0 Å². The second-order valence-electron chi connectivity index (χ2n) is 9.24. The number of anilines is 2. The molecule has 0 spiro atoms. The lowest BCUT2D eigenvalue weighted by molar-refractivity contribution is 0.102. The fourth-order valence-electron chi connectivity index (χ4n) is 5.03. The number of benzene rings is 1. The molecule has 3 unspecified atom stereocenters. The molecule has 3 atom stereocenters. The minimum Gasteiger partial charge on any atom is -0.481 e. The van der Waals surface area contributed by atoms with Crippen LogP contribution in [0.1, 0.15) is 29.8 Å². The van der Waals surface area contributed by atoms with Gasteiger partial charge in [-0.05, 0) is 43.4 Å². The lowest BCUT2D eigenvalue weighted by atomic mass is 9.83. The summed E-state index contributed by atoms with van der Waals surface area (Å²) >= 11 is 0. The summed E-state index contributed by atoms with van der Waals surface area (Å²) in [5, 5.41) is 14.8. The van der Waals surface area contributed by atoms with Crippen LogP contribution in [0.4, 0.5) is 11.5 Å². The van der Waals surface area contributed by atoms with Gasteiger partial charge in [-0.1, -0.05) is 12.1 Å². The lowest BCUT2D eigenvalue weighted by Gasteiger charge is -2.31. The number of carbonyl (C=O) groups is 1. The van der Waals surface area contributed by atoms with E-state index in [1.54, 1.807) is 13.2 Å². The summed E-state index contributed by atoms with van der Waals surface area (Å²) < 4.78 is 5.47. The predicted octanol–water partition coefficient (Wildman–Crippen LogP) is 2.73. The highest BCUT2D eigenvalue weighted by atomic mass is 16.5. The molecule has 1 aromatic carbocycles. The van der Waals surface area contributed by atoms with Crippen molar-refractivity contribution in [3.05, 3.63) is 54.5 Å². The van der Waals surface area contributed by atoms with E-state index in [4.69, 9.17) is 9.72 Å². The minimum absolute atomic E-state index is 0.257. The second-order valence-corrected chi connectivity index (χ2v) is 9.24. The van der Waals surface area contributed by atoms with E-state index in [0.717, 1.165) is 48.1 Å². The number of hydrazine groups is 1. The molecule has 2 aliphatic rings. The Bertz CT molecular complexity index is 1390. The number of H-pyrrole nitrogens is 1. The molecule has 1 amide bonds. The Morgan fingerprint density at radius 3 is 2.92 bits per heavy atom. The Labute approximate surface area is 207 Å². The number of rotatable bonds is 6. The topological polar surface area (TPSA) is 142 Å². The van der Waals surface area contributed by atoms with Crippen LogP contribution in [-0.2, 0) is 0 Å². The third-order valence-electron chi connectivity index (χ3n) is 6.87. The van der Waals surface area contributed by atoms with Crippen molar-refractivity contribution in [3.8, 4) is 17.3 Å². The Morgan fingerprint density at radius 1 is 1.11 bits per heavy atom. The van der Waals surface area contributed by atoms with E-state index < -0.39 is 0 Å². The number of aromatic nitrogens is 5. The van der Waals surface area contributed by atoms with E-state index in [9.17, 15) is 4.79 Å². The summed E-state index contributed by atoms with van der Waals surface area (Å²) in [7, 11) is 1.61. The molecule has 1 aliphatic heterocycles. The van der Waals surface area contributed by atoms with Gasteiger partial charge in [-0.3, -0.25) is 15.6 Å². The molecule has 5 N–H and O–H groups in total. The maximum Gasteiger partial charge on any atom is 0.272 e. The molecule has 36 heavy (non-hydrogen) atoms. The molecule has 184 valence electrons. The van der Waals surface area contributed by atoms with E-state index in [0.29, 0.717) is 41.1 Å². The molecule has 4 aromatic rings. The highest BCUT2D eigenvalue weighted by Gasteiger charge is 2.33. The highest BCUT2D eigenvalue weighted by molar-refractivity contribution is 6.06. The number of ether oxygens (including phenoxy) is 1. The largest absolute Gasteiger partial charge is 0.481 e. The molecule has 0 radical (unpaired) electrons. The number of carbonyl (C=O) groups excluding carboxylic acids is 1. The van der Waals surface area contributed by atoms with E-state index in [1.165, 1.54) is 12.4 Å². The van der Waals surface area contributed by atoms with Crippen molar-refractivity contribution < 1.29 is 9.53 Å². The van der Waals surface area contributed by atoms with E-state index >= 15 is 0 Å². The van der Waals surface area contributed by atoms with Crippen molar-refractivity contribution in [2.75, 3.05) is 24.3 Å². The molecule has 1 aliphatic carbocycles. The average Bonchev–Trinajstić information content (AvgIpc) is 3.55. The van der Waals surface area contributed by atoms with Crippen LogP contribution < -0.4 is 26.2 Å². The van der Waals surface area contributed by atoms with Gasteiger partial charge in [-0.25, -0.2) is 4.98 Å². The molecule has 1 saturated carbocycles. The molecule has 3 aromatic heterocycles. The van der Waals surface area contributed by atoms with E-state index in [1.807, 2.05) is 30.3 Å². The van der Waals surface area contributed by atoms with Crippen molar-refractivity contribution in [2.45, 2.75) is 31.3 Å². The zero-order chi connectivity index (χ0) is 24.5. The van der Waals surface area contributed by atoms with Crippen molar-refractivity contribution in [1.82, 2.24) is 36.0 Å². The number of nitrogens with zero attached hydrogens (tertiary/aromatic N) is 4. The van der Waals surface area contributed by atoms with Crippen molar-refractivity contribution in [1.29, 1.82) is 0 Å². The molecule has 2 fully saturated rings. The Kier molecular flexibility index (Phi) is 5.91. The SMILES string of the molecule is COc1cc(NC2CCC3NNCC3C2)nc(-c2ccc3cc(C(=O)Nc4ccnnc4)[nH]c3c2)n1. The second kappa shape index (κ2) is 9.51. The maximum absolute atomic E-state index is 12.7. The number of methoxy groups -OCH3 is 1. The molecule has 4 heterocycles. The Hall–Kier alpha value is -4.09. The third kappa shape index (κ3) is 4.58. The van der Waals surface area contributed by atoms with Gasteiger partial charge < -0.3 is 20.4 Å². The summed E-state index contributed by atoms with van der Waals surface area (Å²) in [5.74, 6) is 2.16. The number of hydrogen-bond donors (Lipinski definition) is 5. The first kappa shape index (κ1) is 22.4. The van der Waals surface area contributed by atoms with Gasteiger partial charge in [0.05, 0.1) is 25.2 Å². The van der Waals surface area contributed by atoms with E-state index in [2.05, 4.69) is 41.7 Å². The number of amides is 1. The summed E-state index contributed by atoms with van der Waals surface area (Å²) in [6, 6.07) is 12.1. The smallest absolute Gasteiger partial charge is 0.272 e. The maximum atomic E-state index is 12.7. The third-order valence-corrected chi connectivity index (χ3v) is 6.87. The minimum atomic E-state index is -0.257. The predicted molar refractivity (Wildman–Crippen MR) is 136 cm³/mol. The monoisotopic (exact) mass is 485 g/mol. The van der Waals surface area contributed by atoms with Gasteiger partial charge in [0.1, 0.15) is 11.5 Å². The van der Waals surface area contributed by atoms with Crippen LogP contribution >= 0.6 is 0 Å². The first-order chi connectivity index (χ1) is 17.6. The summed E-state index contributed by atoms with van der Waals surface area (Å²) in [6.07, 6.45) is 6.31. The fraction of sp³-hybridized carbons (Fsp3) is 0.320. The van der Waals surface area contributed by atoms with Gasteiger partial charge in [-0.2, -0.15) is 15.2 Å². The molecular weight excluding hydrogens is 458 g/mol. The van der Waals surface area contributed by atoms with Gasteiger partial charge in [0.2, 0.25) is 5.88 Å². The Morgan fingerprint density at radius 2 is 2.06 bits per heavy atom. The normalized spacial score (nSPS) is 21.2. The van der Waals surface area contributed by atoms with E-state index in [-0.39, 0.29) is 5.91 Å². The van der Waals surface area contributed by atoms with Crippen molar-refractivity contribution in [3.63, 3.8) is 0 Å². The average molecular weight is 486 g/mol. The van der Waals surface area contributed by atoms with Gasteiger partial charge in [0, 0.05) is 41.2 Å². The van der Waals surface area contributed by atoms with Gasteiger partial charge >= 0.3 is 0 Å². The van der Waals surface area contributed by atoms with Crippen LogP contribution in [0, 0.1) is 5.92 Å². The van der Waals surface area contributed by atoms with Crippen LogP contribution in [0.25, 0.3) is 22.3 Å². The molecule has 1 saturated heterocycles. The quantitative estimate of drug-likeness (QED) is 0.279. The Balaban J connectivity index is 1.23. The van der Waals surface area contributed by atoms with Crippen molar-refractivity contribution in [2.24, 2.45) is 5.92 Å². The van der Waals surface area contributed by atoms with Crippen LogP contribution in [0.5, 0.6) is 5.88 Å². The number of hydrogen-bond acceptors (Lipinski definition) is 9. The number of fused-ring (bicyclic) bond motifs is 2. The molecule has 11 nitrogen and oxygen atoms in total. The highest BCUT2D eigenvalue weighted by Crippen LogP contribution is 2.30. The van der Waals surface area contributed by atoms with Crippen LogP contribution in [0.3, 0.4) is 0 Å². The van der Waals surface area contributed by atoms with Gasteiger partial charge in [0.25, 0.3) is 5.91 Å². The van der Waals surface area contributed by atoms with Crippen LogP contribution in [0.2, 0.25) is 0 Å². The molecule has 11 heteroatoms. The first-order valence-electron chi connectivity index (χ1n) is 12.0. The first-order valence-corrected chi connectivity index (χ1v) is 12.0. The number of aromatic amines is 1. The molecular formula is C25H27N9O2. The molecule has 0 bridgehead atoms.